The summed E-state index contributed by atoms with van der Waals surface area (Å²) in [5.74, 6) is -0.332. The van der Waals surface area contributed by atoms with Gasteiger partial charge in [-0.25, -0.2) is 0 Å². The van der Waals surface area contributed by atoms with Gasteiger partial charge in [-0.2, -0.15) is 0 Å². The van der Waals surface area contributed by atoms with E-state index in [2.05, 4.69) is 13.5 Å². The van der Waals surface area contributed by atoms with E-state index in [1.165, 1.54) is 32.1 Å². The second-order valence-electron chi connectivity index (χ2n) is 6.06. The van der Waals surface area contributed by atoms with Crippen LogP contribution >= 0.6 is 0 Å². The van der Waals surface area contributed by atoms with Gasteiger partial charge < -0.3 is 9.47 Å². The summed E-state index contributed by atoms with van der Waals surface area (Å²) in [5, 5.41) is 0. The Kier molecular flexibility index (Phi) is 11.1. The lowest BCUT2D eigenvalue weighted by atomic mass is 10.1. The quantitative estimate of drug-likeness (QED) is 0.276. The summed E-state index contributed by atoms with van der Waals surface area (Å²) in [7, 11) is 0. The largest absolute Gasteiger partial charge is 0.466 e. The van der Waals surface area contributed by atoms with Crippen molar-refractivity contribution in [2.75, 3.05) is 6.61 Å². The maximum Gasteiger partial charge on any atom is 0.311 e. The van der Waals surface area contributed by atoms with Crippen LogP contribution in [-0.2, 0) is 14.3 Å². The van der Waals surface area contributed by atoms with Crippen molar-refractivity contribution < 1.29 is 19.1 Å². The summed E-state index contributed by atoms with van der Waals surface area (Å²) in [6.07, 6.45) is 9.92. The van der Waals surface area contributed by atoms with Gasteiger partial charge in [-0.3, -0.25) is 9.59 Å². The van der Waals surface area contributed by atoms with E-state index in [0.29, 0.717) is 12.4 Å². The lowest BCUT2D eigenvalue weighted by Crippen LogP contribution is -2.13. The minimum Gasteiger partial charge on any atom is -0.466 e. The Balaban J connectivity index is 2.11. The molecule has 0 aliphatic carbocycles. The molecule has 0 bridgehead atoms. The number of hydrogen-bond acceptors (Lipinski definition) is 4. The van der Waals surface area contributed by atoms with Gasteiger partial charge in [0.1, 0.15) is 5.75 Å². The number of unbranched alkanes of at least 4 members (excludes halogenated alkanes) is 6. The molecule has 0 spiro atoms. The Morgan fingerprint density at radius 3 is 2.32 bits per heavy atom. The second-order valence-corrected chi connectivity index (χ2v) is 6.06. The molecule has 0 heterocycles. The molecule has 0 saturated heterocycles. The van der Waals surface area contributed by atoms with Crippen LogP contribution in [0.5, 0.6) is 5.75 Å². The first kappa shape index (κ1) is 20.9. The molecule has 4 heteroatoms. The number of ether oxygens (including phenoxy) is 2. The Morgan fingerprint density at radius 1 is 0.960 bits per heavy atom. The van der Waals surface area contributed by atoms with E-state index in [1.807, 2.05) is 12.1 Å². The first-order valence-electron chi connectivity index (χ1n) is 9.25. The Labute approximate surface area is 151 Å². The van der Waals surface area contributed by atoms with Gasteiger partial charge in [-0.05, 0) is 12.5 Å². The van der Waals surface area contributed by atoms with Gasteiger partial charge in [-0.15, -0.1) is 0 Å². The van der Waals surface area contributed by atoms with E-state index >= 15 is 0 Å². The van der Waals surface area contributed by atoms with Crippen LogP contribution in [0.25, 0.3) is 6.08 Å². The van der Waals surface area contributed by atoms with Crippen molar-refractivity contribution in [1.82, 2.24) is 0 Å². The lowest BCUT2D eigenvalue weighted by Gasteiger charge is -2.07. The highest BCUT2D eigenvalue weighted by molar-refractivity contribution is 5.79. The minimum atomic E-state index is -0.442. The molecular formula is C21H30O4. The SMILES string of the molecule is C=Cc1ccccc1OC(=O)CCC(=O)OCCCCCCCCC. The Hall–Kier alpha value is -2.10. The molecule has 0 N–H and O–H groups in total. The van der Waals surface area contributed by atoms with E-state index in [-0.39, 0.29) is 18.8 Å². The average Bonchev–Trinajstić information content (AvgIpc) is 2.62. The summed E-state index contributed by atoms with van der Waals surface area (Å²) in [6, 6.07) is 7.14. The fourth-order valence-corrected chi connectivity index (χ4v) is 2.44. The molecule has 0 fully saturated rings. The van der Waals surface area contributed by atoms with Gasteiger partial charge in [0.15, 0.2) is 0 Å². The molecule has 0 amide bonds. The molecule has 0 unspecified atom stereocenters. The van der Waals surface area contributed by atoms with Crippen LogP contribution in [0.3, 0.4) is 0 Å². The van der Waals surface area contributed by atoms with Crippen molar-refractivity contribution in [3.05, 3.63) is 36.4 Å². The molecule has 1 aromatic rings. The summed E-state index contributed by atoms with van der Waals surface area (Å²) in [4.78, 5) is 23.5. The van der Waals surface area contributed by atoms with E-state index in [1.54, 1.807) is 18.2 Å². The summed E-state index contributed by atoms with van der Waals surface area (Å²) in [5.41, 5.74) is 0.748. The highest BCUT2D eigenvalue weighted by atomic mass is 16.5. The zero-order valence-electron chi connectivity index (χ0n) is 15.3. The van der Waals surface area contributed by atoms with Gasteiger partial charge in [0.25, 0.3) is 0 Å². The van der Waals surface area contributed by atoms with Crippen LogP contribution in [0.4, 0.5) is 0 Å². The Bertz CT molecular complexity index is 536. The predicted molar refractivity (Wildman–Crippen MR) is 100 cm³/mol. The molecule has 0 aromatic heterocycles. The highest BCUT2D eigenvalue weighted by Gasteiger charge is 2.11. The number of esters is 2. The van der Waals surface area contributed by atoms with Crippen molar-refractivity contribution >= 4 is 18.0 Å². The average molecular weight is 346 g/mol. The molecule has 1 rings (SSSR count). The van der Waals surface area contributed by atoms with Gasteiger partial charge in [0.2, 0.25) is 0 Å². The fraction of sp³-hybridized carbons (Fsp3) is 0.524. The summed E-state index contributed by atoms with van der Waals surface area (Å²) < 4.78 is 10.4. The maximum atomic E-state index is 11.8. The molecule has 25 heavy (non-hydrogen) atoms. The van der Waals surface area contributed by atoms with Crippen LogP contribution in [0, 0.1) is 0 Å². The highest BCUT2D eigenvalue weighted by Crippen LogP contribution is 2.19. The third-order valence-electron chi connectivity index (χ3n) is 3.91. The van der Waals surface area contributed by atoms with Gasteiger partial charge >= 0.3 is 11.9 Å². The van der Waals surface area contributed by atoms with Crippen molar-refractivity contribution in [3.63, 3.8) is 0 Å². The molecule has 0 saturated carbocycles. The maximum absolute atomic E-state index is 11.8. The second kappa shape index (κ2) is 13.2. The number of para-hydroxylation sites is 1. The normalized spacial score (nSPS) is 10.3. The molecule has 1 aromatic carbocycles. The number of carbonyl (C=O) groups excluding carboxylic acids is 2. The van der Waals surface area contributed by atoms with Crippen LogP contribution in [0.1, 0.15) is 70.3 Å². The fourth-order valence-electron chi connectivity index (χ4n) is 2.44. The third kappa shape index (κ3) is 9.70. The standard InChI is InChI=1S/C21H30O4/c1-3-5-6-7-8-9-12-17-24-20(22)15-16-21(23)25-19-14-11-10-13-18(19)4-2/h4,10-11,13-14H,2-3,5-9,12,15-17H2,1H3. The van der Waals surface area contributed by atoms with Crippen molar-refractivity contribution in [1.29, 1.82) is 0 Å². The van der Waals surface area contributed by atoms with E-state index in [9.17, 15) is 9.59 Å². The van der Waals surface area contributed by atoms with E-state index in [4.69, 9.17) is 9.47 Å². The zero-order chi connectivity index (χ0) is 18.3. The molecule has 0 aliphatic heterocycles. The van der Waals surface area contributed by atoms with Crippen molar-refractivity contribution in [3.8, 4) is 5.75 Å². The number of carbonyl (C=O) groups is 2. The van der Waals surface area contributed by atoms with Gasteiger partial charge in [0.05, 0.1) is 19.4 Å². The summed E-state index contributed by atoms with van der Waals surface area (Å²) >= 11 is 0. The molecular weight excluding hydrogens is 316 g/mol. The summed E-state index contributed by atoms with van der Waals surface area (Å²) in [6.45, 7) is 6.31. The topological polar surface area (TPSA) is 52.6 Å². The van der Waals surface area contributed by atoms with Gasteiger partial charge in [0, 0.05) is 5.56 Å². The molecule has 0 aliphatic rings. The predicted octanol–water partition coefficient (Wildman–Crippen LogP) is 5.31. The molecule has 0 radical (unpaired) electrons. The third-order valence-corrected chi connectivity index (χ3v) is 3.91. The van der Waals surface area contributed by atoms with E-state index in [0.717, 1.165) is 18.4 Å². The number of hydrogen-bond donors (Lipinski definition) is 0. The number of benzene rings is 1. The first-order valence-corrected chi connectivity index (χ1v) is 9.25. The molecule has 4 nitrogen and oxygen atoms in total. The Morgan fingerprint density at radius 2 is 1.60 bits per heavy atom. The van der Waals surface area contributed by atoms with Crippen LogP contribution < -0.4 is 4.74 Å². The van der Waals surface area contributed by atoms with Crippen LogP contribution in [0.2, 0.25) is 0 Å². The van der Waals surface area contributed by atoms with Crippen molar-refractivity contribution in [2.45, 2.75) is 64.7 Å². The smallest absolute Gasteiger partial charge is 0.311 e. The first-order chi connectivity index (χ1) is 12.2. The molecule has 138 valence electrons. The van der Waals surface area contributed by atoms with Crippen molar-refractivity contribution in [2.24, 2.45) is 0 Å². The van der Waals surface area contributed by atoms with E-state index < -0.39 is 5.97 Å². The zero-order valence-corrected chi connectivity index (χ0v) is 15.3. The van der Waals surface area contributed by atoms with Gasteiger partial charge in [-0.1, -0.05) is 76.3 Å². The van der Waals surface area contributed by atoms with Crippen LogP contribution in [0.15, 0.2) is 30.8 Å². The number of rotatable bonds is 13. The lowest BCUT2D eigenvalue weighted by molar-refractivity contribution is -0.147. The molecule has 0 atom stereocenters. The van der Waals surface area contributed by atoms with Crippen LogP contribution in [-0.4, -0.2) is 18.5 Å². The minimum absolute atomic E-state index is 0.0152. The monoisotopic (exact) mass is 346 g/mol.